The largest absolute Gasteiger partial charge is 0.389 e. The first-order chi connectivity index (χ1) is 5.93. The fourth-order valence-corrected chi connectivity index (χ4v) is 2.54. The number of hydrogen-bond donors (Lipinski definition) is 1. The van der Waals surface area contributed by atoms with E-state index in [-0.39, 0.29) is 12.5 Å². The molecule has 0 rings (SSSR count). The van der Waals surface area contributed by atoms with Gasteiger partial charge in [0.25, 0.3) is 0 Å². The van der Waals surface area contributed by atoms with E-state index in [4.69, 9.17) is 14.7 Å². The predicted molar refractivity (Wildman–Crippen MR) is 49.9 cm³/mol. The summed E-state index contributed by atoms with van der Waals surface area (Å²) < 4.78 is 11.3. The van der Waals surface area contributed by atoms with Gasteiger partial charge in [-0.2, -0.15) is 9.59 Å². The van der Waals surface area contributed by atoms with Crippen LogP contribution >= 0.6 is 7.14 Å². The molecule has 5 heteroatoms. The molecule has 0 heterocycles. The Labute approximate surface area is 78.7 Å². The summed E-state index contributed by atoms with van der Waals surface area (Å²) in [7, 11) is -2.19. The molecule has 0 spiro atoms. The van der Waals surface area contributed by atoms with Crippen LogP contribution in [-0.2, 0) is 14.2 Å². The van der Waals surface area contributed by atoms with Gasteiger partial charge in [0.2, 0.25) is 0 Å². The van der Waals surface area contributed by atoms with Crippen LogP contribution in [0.4, 0.5) is 0 Å². The molecule has 0 bridgehead atoms. The first-order valence-corrected chi connectivity index (χ1v) is 6.61. The minimum Gasteiger partial charge on any atom is -0.389 e. The Morgan fingerprint density at radius 1 is 1.46 bits per heavy atom. The Morgan fingerprint density at radius 2 is 1.85 bits per heavy atom. The van der Waals surface area contributed by atoms with E-state index in [1.807, 2.05) is 0 Å². The quantitative estimate of drug-likeness (QED) is 0.708. The molecule has 0 aliphatic rings. The highest BCUT2D eigenvalue weighted by molar-refractivity contribution is 7.62. The lowest BCUT2D eigenvalue weighted by Gasteiger charge is -2.13. The zero-order valence-corrected chi connectivity index (χ0v) is 9.21. The normalized spacial score (nSPS) is 16.0. The van der Waals surface area contributed by atoms with Crippen LogP contribution in [0.25, 0.3) is 0 Å². The lowest BCUT2D eigenvalue weighted by molar-refractivity contribution is -0.191. The predicted octanol–water partition coefficient (Wildman–Crippen LogP) is 1.39. The summed E-state index contributed by atoms with van der Waals surface area (Å²) in [4.78, 5) is 16.2. The molecule has 0 radical (unpaired) electrons. The van der Waals surface area contributed by atoms with Crippen LogP contribution in [0, 0.1) is 5.92 Å². The molecule has 0 aliphatic heterocycles. The second kappa shape index (κ2) is 8.18. The van der Waals surface area contributed by atoms with Crippen LogP contribution in [0.15, 0.2) is 0 Å². The zero-order valence-electron chi connectivity index (χ0n) is 8.32. The molecule has 0 aliphatic carbocycles. The monoisotopic (exact) mass is 208 g/mol. The SMILES string of the molecule is CC[C@H](C)C[P@](C)(=O)CO.O=C=O. The topological polar surface area (TPSA) is 71.4 Å². The summed E-state index contributed by atoms with van der Waals surface area (Å²) in [5.74, 6) is 0.475. The van der Waals surface area contributed by atoms with Crippen molar-refractivity contribution >= 4 is 13.3 Å². The molecule has 0 amide bonds. The second-order valence-electron chi connectivity index (χ2n) is 3.22. The summed E-state index contributed by atoms with van der Waals surface area (Å²) in [6.07, 6.45) is 1.83. The fraction of sp³-hybridized carbons (Fsp3) is 0.875. The van der Waals surface area contributed by atoms with E-state index in [0.29, 0.717) is 12.1 Å². The summed E-state index contributed by atoms with van der Waals surface area (Å²) in [5.41, 5.74) is 0. The molecular formula is C8H17O4P. The van der Waals surface area contributed by atoms with Gasteiger partial charge in [-0.1, -0.05) is 20.3 Å². The smallest absolute Gasteiger partial charge is 0.373 e. The summed E-state index contributed by atoms with van der Waals surface area (Å²) >= 11 is 0. The van der Waals surface area contributed by atoms with Crippen molar-refractivity contribution in [2.45, 2.75) is 20.3 Å². The van der Waals surface area contributed by atoms with E-state index in [0.717, 1.165) is 6.42 Å². The van der Waals surface area contributed by atoms with Crippen molar-refractivity contribution in [3.8, 4) is 0 Å². The van der Waals surface area contributed by atoms with E-state index < -0.39 is 7.14 Å². The van der Waals surface area contributed by atoms with Crippen LogP contribution in [0.5, 0.6) is 0 Å². The van der Waals surface area contributed by atoms with Gasteiger partial charge < -0.3 is 9.67 Å². The van der Waals surface area contributed by atoms with Crippen LogP contribution < -0.4 is 0 Å². The number of aliphatic hydroxyl groups is 1. The molecule has 0 fully saturated rings. The van der Waals surface area contributed by atoms with Gasteiger partial charge in [0.15, 0.2) is 0 Å². The van der Waals surface area contributed by atoms with Crippen LogP contribution in [-0.4, -0.2) is 30.4 Å². The molecule has 78 valence electrons. The maximum Gasteiger partial charge on any atom is 0.373 e. The number of aliphatic hydroxyl groups excluding tert-OH is 1. The highest BCUT2D eigenvalue weighted by Gasteiger charge is 2.16. The van der Waals surface area contributed by atoms with E-state index in [1.165, 1.54) is 0 Å². The molecule has 0 saturated heterocycles. The van der Waals surface area contributed by atoms with Gasteiger partial charge in [-0.15, -0.1) is 0 Å². The molecule has 0 aromatic heterocycles. The highest BCUT2D eigenvalue weighted by Crippen LogP contribution is 2.41. The Balaban J connectivity index is 0. The van der Waals surface area contributed by atoms with E-state index in [1.54, 1.807) is 6.66 Å². The maximum atomic E-state index is 11.3. The van der Waals surface area contributed by atoms with Crippen molar-refractivity contribution in [3.63, 3.8) is 0 Å². The number of rotatable bonds is 4. The Morgan fingerprint density at radius 3 is 2.08 bits per heavy atom. The molecule has 1 N–H and O–H groups in total. The van der Waals surface area contributed by atoms with Gasteiger partial charge in [0.1, 0.15) is 7.14 Å². The summed E-state index contributed by atoms with van der Waals surface area (Å²) in [5, 5.41) is 8.68. The lowest BCUT2D eigenvalue weighted by Crippen LogP contribution is -2.02. The average molecular weight is 208 g/mol. The Kier molecular flexibility index (Phi) is 9.48. The molecule has 0 aromatic rings. The Hall–Kier alpha value is -0.430. The molecule has 13 heavy (non-hydrogen) atoms. The van der Waals surface area contributed by atoms with Gasteiger partial charge in [-0.25, -0.2) is 0 Å². The molecule has 0 aromatic carbocycles. The average Bonchev–Trinajstić information content (AvgIpc) is 2.05. The van der Waals surface area contributed by atoms with E-state index >= 15 is 0 Å². The third-order valence-electron chi connectivity index (χ3n) is 1.69. The third kappa shape index (κ3) is 11.6. The minimum atomic E-state index is -2.19. The summed E-state index contributed by atoms with van der Waals surface area (Å²) in [6.45, 7) is 5.80. The lowest BCUT2D eigenvalue weighted by atomic mass is 10.2. The number of hydrogen-bond acceptors (Lipinski definition) is 4. The van der Waals surface area contributed by atoms with Crippen molar-refractivity contribution in [2.75, 3.05) is 19.2 Å². The molecule has 2 atom stereocenters. The highest BCUT2D eigenvalue weighted by atomic mass is 31.2. The van der Waals surface area contributed by atoms with Crippen molar-refractivity contribution in [3.05, 3.63) is 0 Å². The molecule has 0 saturated carbocycles. The zero-order chi connectivity index (χ0) is 10.9. The first kappa shape index (κ1) is 15.1. The van der Waals surface area contributed by atoms with Crippen molar-refractivity contribution < 1.29 is 19.3 Å². The molecular weight excluding hydrogens is 191 g/mol. The van der Waals surface area contributed by atoms with Crippen molar-refractivity contribution in [1.82, 2.24) is 0 Å². The van der Waals surface area contributed by atoms with Gasteiger partial charge >= 0.3 is 6.15 Å². The van der Waals surface area contributed by atoms with Crippen LogP contribution in [0.1, 0.15) is 20.3 Å². The van der Waals surface area contributed by atoms with Gasteiger partial charge in [-0.05, 0) is 12.6 Å². The fourth-order valence-electron chi connectivity index (χ4n) is 0.846. The van der Waals surface area contributed by atoms with E-state index in [2.05, 4.69) is 13.8 Å². The third-order valence-corrected chi connectivity index (χ3v) is 3.69. The minimum absolute atomic E-state index is 0.142. The first-order valence-electron chi connectivity index (χ1n) is 4.09. The summed E-state index contributed by atoms with van der Waals surface area (Å²) in [6, 6.07) is 0. The van der Waals surface area contributed by atoms with E-state index in [9.17, 15) is 4.57 Å². The van der Waals surface area contributed by atoms with Crippen molar-refractivity contribution in [2.24, 2.45) is 5.92 Å². The number of carbonyl (C=O) groups excluding carboxylic acids is 2. The Bertz CT molecular complexity index is 196. The maximum absolute atomic E-state index is 11.3. The molecule has 0 unspecified atom stereocenters. The van der Waals surface area contributed by atoms with Gasteiger partial charge in [0.05, 0.1) is 6.35 Å². The van der Waals surface area contributed by atoms with Crippen molar-refractivity contribution in [1.29, 1.82) is 0 Å². The standard InChI is InChI=1S/C7H17O2P.CO2/c1-4-7(2)5-10(3,9)6-8;2-1-3/h7-8H,4-6H2,1-3H3;/t7-,10-;/m0./s1. The van der Waals surface area contributed by atoms with Gasteiger partial charge in [-0.3, -0.25) is 0 Å². The van der Waals surface area contributed by atoms with Crippen LogP contribution in [0.3, 0.4) is 0 Å². The van der Waals surface area contributed by atoms with Crippen LogP contribution in [0.2, 0.25) is 0 Å². The second-order valence-corrected chi connectivity index (χ2v) is 6.46. The molecule has 4 nitrogen and oxygen atoms in total. The van der Waals surface area contributed by atoms with Gasteiger partial charge in [0, 0.05) is 6.16 Å².